The Balaban J connectivity index is 1.97. The third kappa shape index (κ3) is 3.10. The van der Waals surface area contributed by atoms with Gasteiger partial charge in [-0.15, -0.1) is 0 Å². The molecule has 2 bridgehead atoms. The quantitative estimate of drug-likeness (QED) is 0.698. The fraction of sp³-hybridized carbons (Fsp3) is 0.667. The standard InChI is InChI=1S/C15H15ClF6N2/c16-10-3-9(6-23-7-10)13(15(20,21)22)4-11-1-2-12(5-13)24(11)8-14(17,18)19/h3,6-7,11-12H,1-2,4-5,8H2. The van der Waals surface area contributed by atoms with Gasteiger partial charge in [-0.3, -0.25) is 9.88 Å². The highest BCUT2D eigenvalue weighted by atomic mass is 35.5. The van der Waals surface area contributed by atoms with Crippen LogP contribution < -0.4 is 0 Å². The number of halogens is 7. The van der Waals surface area contributed by atoms with E-state index in [-0.39, 0.29) is 10.6 Å². The van der Waals surface area contributed by atoms with Crippen molar-refractivity contribution in [3.8, 4) is 0 Å². The molecule has 2 aliphatic rings. The summed E-state index contributed by atoms with van der Waals surface area (Å²) in [5, 5.41) is 0.0844. The van der Waals surface area contributed by atoms with Gasteiger partial charge >= 0.3 is 12.4 Å². The first-order chi connectivity index (χ1) is 11.0. The van der Waals surface area contributed by atoms with E-state index >= 15 is 0 Å². The van der Waals surface area contributed by atoms with Crippen molar-refractivity contribution in [3.05, 3.63) is 29.0 Å². The normalized spacial score (nSPS) is 31.5. The summed E-state index contributed by atoms with van der Waals surface area (Å²) in [5.74, 6) is 0. The van der Waals surface area contributed by atoms with Crippen molar-refractivity contribution in [2.24, 2.45) is 0 Å². The Kier molecular flexibility index (Phi) is 4.27. The molecule has 2 saturated heterocycles. The highest BCUT2D eigenvalue weighted by molar-refractivity contribution is 6.30. The molecule has 0 radical (unpaired) electrons. The zero-order valence-electron chi connectivity index (χ0n) is 12.5. The topological polar surface area (TPSA) is 16.1 Å². The number of fused-ring (bicyclic) bond motifs is 2. The minimum Gasteiger partial charge on any atom is -0.289 e. The third-order valence-electron chi connectivity index (χ3n) is 5.10. The average molecular weight is 373 g/mol. The maximum atomic E-state index is 13.9. The molecule has 0 amide bonds. The van der Waals surface area contributed by atoms with Gasteiger partial charge in [-0.2, -0.15) is 26.3 Å². The van der Waals surface area contributed by atoms with Crippen LogP contribution in [-0.2, 0) is 5.41 Å². The highest BCUT2D eigenvalue weighted by Gasteiger charge is 2.63. The average Bonchev–Trinajstić information content (AvgIpc) is 2.68. The Bertz CT molecular complexity index is 601. The van der Waals surface area contributed by atoms with E-state index < -0.39 is 49.2 Å². The minimum absolute atomic E-state index is 0.0638. The Labute approximate surface area is 139 Å². The van der Waals surface area contributed by atoms with Gasteiger partial charge in [0, 0.05) is 24.5 Å². The number of aromatic nitrogens is 1. The van der Waals surface area contributed by atoms with E-state index in [9.17, 15) is 26.3 Å². The summed E-state index contributed by atoms with van der Waals surface area (Å²) in [6.45, 7) is -1.16. The summed E-state index contributed by atoms with van der Waals surface area (Å²) < 4.78 is 80.0. The molecule has 2 unspecified atom stereocenters. The Hall–Kier alpha value is -1.02. The van der Waals surface area contributed by atoms with Gasteiger partial charge in [-0.1, -0.05) is 11.6 Å². The van der Waals surface area contributed by atoms with E-state index in [4.69, 9.17) is 11.6 Å². The van der Waals surface area contributed by atoms with Crippen LogP contribution in [0.1, 0.15) is 31.2 Å². The van der Waals surface area contributed by atoms with Crippen LogP contribution in [0.5, 0.6) is 0 Å². The van der Waals surface area contributed by atoms with Gasteiger partial charge in [0.25, 0.3) is 0 Å². The van der Waals surface area contributed by atoms with Crippen molar-refractivity contribution in [1.29, 1.82) is 0 Å². The number of hydrogen-bond donors (Lipinski definition) is 0. The number of nitrogens with zero attached hydrogens (tertiary/aromatic N) is 2. The molecule has 24 heavy (non-hydrogen) atoms. The van der Waals surface area contributed by atoms with Gasteiger partial charge in [-0.05, 0) is 37.3 Å². The molecule has 1 aromatic heterocycles. The Morgan fingerprint density at radius 2 is 1.67 bits per heavy atom. The predicted octanol–water partition coefficient (Wildman–Crippen LogP) is 4.72. The molecule has 1 aromatic rings. The summed E-state index contributed by atoms with van der Waals surface area (Å²) in [4.78, 5) is 4.92. The van der Waals surface area contributed by atoms with Gasteiger partial charge in [-0.25, -0.2) is 0 Å². The second-order valence-electron chi connectivity index (χ2n) is 6.55. The molecule has 3 heterocycles. The number of pyridine rings is 1. The summed E-state index contributed by atoms with van der Waals surface area (Å²) in [6.07, 6.45) is -6.75. The first kappa shape index (κ1) is 17.8. The number of piperidine rings is 1. The van der Waals surface area contributed by atoms with Crippen molar-refractivity contribution < 1.29 is 26.3 Å². The lowest BCUT2D eigenvalue weighted by Gasteiger charge is -2.47. The van der Waals surface area contributed by atoms with Gasteiger partial charge < -0.3 is 0 Å². The predicted molar refractivity (Wildman–Crippen MR) is 75.8 cm³/mol. The van der Waals surface area contributed by atoms with Crippen LogP contribution in [0.25, 0.3) is 0 Å². The van der Waals surface area contributed by atoms with E-state index in [0.29, 0.717) is 12.8 Å². The van der Waals surface area contributed by atoms with Gasteiger partial charge in [0.15, 0.2) is 0 Å². The van der Waals surface area contributed by atoms with Crippen molar-refractivity contribution in [1.82, 2.24) is 9.88 Å². The van der Waals surface area contributed by atoms with Crippen LogP contribution in [-0.4, -0.2) is 40.9 Å². The van der Waals surface area contributed by atoms with E-state index in [2.05, 4.69) is 4.98 Å². The summed E-state index contributed by atoms with van der Waals surface area (Å²) >= 11 is 5.79. The van der Waals surface area contributed by atoms with E-state index in [1.165, 1.54) is 17.2 Å². The number of alkyl halides is 6. The molecule has 0 N–H and O–H groups in total. The number of rotatable bonds is 2. The molecule has 2 aliphatic heterocycles. The zero-order valence-corrected chi connectivity index (χ0v) is 13.2. The van der Waals surface area contributed by atoms with Crippen molar-refractivity contribution in [3.63, 3.8) is 0 Å². The van der Waals surface area contributed by atoms with E-state index in [1.54, 1.807) is 0 Å². The fourth-order valence-electron chi connectivity index (χ4n) is 4.11. The maximum Gasteiger partial charge on any atom is 0.401 e. The van der Waals surface area contributed by atoms with E-state index in [1.807, 2.05) is 0 Å². The fourth-order valence-corrected chi connectivity index (χ4v) is 4.28. The molecule has 2 nitrogen and oxygen atoms in total. The van der Waals surface area contributed by atoms with Crippen LogP contribution in [0.3, 0.4) is 0 Å². The lowest BCUT2D eigenvalue weighted by Crippen LogP contribution is -2.57. The van der Waals surface area contributed by atoms with Crippen molar-refractivity contribution in [2.45, 2.75) is 55.5 Å². The molecule has 0 aliphatic carbocycles. The van der Waals surface area contributed by atoms with E-state index in [0.717, 1.165) is 6.20 Å². The number of hydrogen-bond acceptors (Lipinski definition) is 2. The molecule has 2 atom stereocenters. The minimum atomic E-state index is -4.58. The molecule has 0 aromatic carbocycles. The van der Waals surface area contributed by atoms with Gasteiger partial charge in [0.1, 0.15) is 0 Å². The molecule has 0 spiro atoms. The lowest BCUT2D eigenvalue weighted by molar-refractivity contribution is -0.217. The van der Waals surface area contributed by atoms with Crippen LogP contribution in [0.15, 0.2) is 18.5 Å². The molecule has 3 rings (SSSR count). The first-order valence-corrected chi connectivity index (χ1v) is 7.90. The SMILES string of the molecule is FC(F)(F)CN1C2CCC1CC(c1cncc(Cl)c1)(C(F)(F)F)C2. The smallest absolute Gasteiger partial charge is 0.289 e. The first-order valence-electron chi connectivity index (χ1n) is 7.52. The van der Waals surface area contributed by atoms with Crippen LogP contribution in [0.4, 0.5) is 26.3 Å². The largest absolute Gasteiger partial charge is 0.401 e. The van der Waals surface area contributed by atoms with Crippen LogP contribution in [0.2, 0.25) is 5.02 Å². The molecule has 9 heteroatoms. The zero-order chi connectivity index (χ0) is 17.8. The van der Waals surface area contributed by atoms with Crippen molar-refractivity contribution >= 4 is 11.6 Å². The summed E-state index contributed by atoms with van der Waals surface area (Å²) in [7, 11) is 0. The third-order valence-corrected chi connectivity index (χ3v) is 5.31. The van der Waals surface area contributed by atoms with Crippen LogP contribution >= 0.6 is 11.6 Å². The molecular weight excluding hydrogens is 358 g/mol. The molecule has 0 saturated carbocycles. The Morgan fingerprint density at radius 1 is 1.08 bits per heavy atom. The Morgan fingerprint density at radius 3 is 2.12 bits per heavy atom. The highest BCUT2D eigenvalue weighted by Crippen LogP contribution is 2.55. The molecule has 134 valence electrons. The van der Waals surface area contributed by atoms with Crippen molar-refractivity contribution in [2.75, 3.05) is 6.54 Å². The van der Waals surface area contributed by atoms with Crippen LogP contribution in [0, 0.1) is 0 Å². The second kappa shape index (κ2) is 5.76. The van der Waals surface area contributed by atoms with Gasteiger partial charge in [0.05, 0.1) is 17.0 Å². The van der Waals surface area contributed by atoms with Gasteiger partial charge in [0.2, 0.25) is 0 Å². The lowest BCUT2D eigenvalue weighted by atomic mass is 9.69. The second-order valence-corrected chi connectivity index (χ2v) is 6.99. The summed E-state index contributed by atoms with van der Waals surface area (Å²) in [6, 6.07) is -0.266. The monoisotopic (exact) mass is 372 g/mol. The molecular formula is C15H15ClF6N2. The summed E-state index contributed by atoms with van der Waals surface area (Å²) in [5.41, 5.74) is -2.26. The maximum absolute atomic E-state index is 13.9. The molecule has 2 fully saturated rings.